The number of esters is 1. The van der Waals surface area contributed by atoms with E-state index < -0.39 is 5.97 Å². The highest BCUT2D eigenvalue weighted by Gasteiger charge is 2.08. The largest absolute Gasteiger partial charge is 0.497 e. The molecule has 0 fully saturated rings. The molecule has 3 rings (SSSR count). The number of hydrogen-bond acceptors (Lipinski definition) is 5. The Balaban J connectivity index is 1.60. The van der Waals surface area contributed by atoms with Crippen molar-refractivity contribution in [1.29, 1.82) is 0 Å². The van der Waals surface area contributed by atoms with Gasteiger partial charge in [-0.15, -0.1) is 0 Å². The zero-order valence-corrected chi connectivity index (χ0v) is 16.1. The summed E-state index contributed by atoms with van der Waals surface area (Å²) >= 11 is 0. The Bertz CT molecular complexity index is 1030. The van der Waals surface area contributed by atoms with Crippen molar-refractivity contribution in [2.24, 2.45) is 5.10 Å². The second-order valence-electron chi connectivity index (χ2n) is 6.26. The highest BCUT2D eigenvalue weighted by atomic mass is 16.5. The third-order valence-corrected chi connectivity index (χ3v) is 4.09. The van der Waals surface area contributed by atoms with Crippen LogP contribution < -0.4 is 14.9 Å². The number of methoxy groups -OCH3 is 1. The van der Waals surface area contributed by atoms with E-state index in [4.69, 9.17) is 9.47 Å². The van der Waals surface area contributed by atoms with Crippen LogP contribution in [0.25, 0.3) is 0 Å². The minimum Gasteiger partial charge on any atom is -0.497 e. The van der Waals surface area contributed by atoms with Crippen LogP contribution in [-0.2, 0) is 0 Å². The molecule has 29 heavy (non-hydrogen) atoms. The first-order chi connectivity index (χ1) is 14.0. The molecule has 0 spiro atoms. The molecule has 0 unspecified atom stereocenters. The first-order valence-corrected chi connectivity index (χ1v) is 8.91. The number of nitrogens with one attached hydrogen (secondary N) is 1. The Morgan fingerprint density at radius 3 is 2.28 bits per heavy atom. The smallest absolute Gasteiger partial charge is 0.343 e. The third-order valence-electron chi connectivity index (χ3n) is 4.09. The number of rotatable bonds is 6. The van der Waals surface area contributed by atoms with Crippen LogP contribution in [0.5, 0.6) is 11.5 Å². The van der Waals surface area contributed by atoms with Crippen molar-refractivity contribution in [3.63, 3.8) is 0 Å². The zero-order valence-electron chi connectivity index (χ0n) is 16.1. The number of nitrogens with zero attached hydrogens (tertiary/aromatic N) is 1. The molecule has 6 heteroatoms. The highest BCUT2D eigenvalue weighted by molar-refractivity contribution is 5.95. The molecule has 0 aliphatic carbocycles. The van der Waals surface area contributed by atoms with Crippen molar-refractivity contribution in [2.75, 3.05) is 7.11 Å². The number of hydrazone groups is 1. The second kappa shape index (κ2) is 9.32. The van der Waals surface area contributed by atoms with E-state index in [0.29, 0.717) is 28.2 Å². The van der Waals surface area contributed by atoms with Crippen molar-refractivity contribution < 1.29 is 19.1 Å². The van der Waals surface area contributed by atoms with Crippen LogP contribution in [0.15, 0.2) is 77.9 Å². The van der Waals surface area contributed by atoms with Gasteiger partial charge in [0.25, 0.3) is 5.91 Å². The molecule has 0 atom stereocenters. The fourth-order valence-corrected chi connectivity index (χ4v) is 2.49. The number of carbonyl (C=O) groups is 2. The van der Waals surface area contributed by atoms with Gasteiger partial charge >= 0.3 is 5.97 Å². The molecular formula is C23H20N2O4. The number of benzene rings is 3. The maximum absolute atomic E-state index is 12.2. The van der Waals surface area contributed by atoms with E-state index in [1.165, 1.54) is 6.21 Å². The molecule has 0 bridgehead atoms. The maximum Gasteiger partial charge on any atom is 0.343 e. The average Bonchev–Trinajstić information content (AvgIpc) is 2.74. The van der Waals surface area contributed by atoms with E-state index >= 15 is 0 Å². The van der Waals surface area contributed by atoms with Gasteiger partial charge in [0.1, 0.15) is 11.5 Å². The van der Waals surface area contributed by atoms with Gasteiger partial charge in [0.15, 0.2) is 0 Å². The van der Waals surface area contributed by atoms with E-state index in [9.17, 15) is 9.59 Å². The highest BCUT2D eigenvalue weighted by Crippen LogP contribution is 2.15. The molecule has 0 radical (unpaired) electrons. The average molecular weight is 388 g/mol. The van der Waals surface area contributed by atoms with Crippen molar-refractivity contribution in [3.05, 3.63) is 95.1 Å². The molecular weight excluding hydrogens is 368 g/mol. The molecule has 0 aliphatic rings. The Kier molecular flexibility index (Phi) is 6.37. The Labute approximate surface area is 168 Å². The minimum atomic E-state index is -0.438. The van der Waals surface area contributed by atoms with Gasteiger partial charge in [-0.1, -0.05) is 29.8 Å². The van der Waals surface area contributed by atoms with E-state index in [1.54, 1.807) is 67.8 Å². The van der Waals surface area contributed by atoms with Gasteiger partial charge in [0, 0.05) is 5.56 Å². The van der Waals surface area contributed by atoms with Crippen molar-refractivity contribution in [3.8, 4) is 11.5 Å². The van der Waals surface area contributed by atoms with Gasteiger partial charge in [-0.3, -0.25) is 4.79 Å². The van der Waals surface area contributed by atoms with Crippen molar-refractivity contribution >= 4 is 18.1 Å². The van der Waals surface area contributed by atoms with E-state index in [1.807, 2.05) is 19.1 Å². The maximum atomic E-state index is 12.2. The fraction of sp³-hybridized carbons (Fsp3) is 0.0870. The number of aryl methyl sites for hydroxylation is 1. The summed E-state index contributed by atoms with van der Waals surface area (Å²) in [6.07, 6.45) is 1.48. The molecule has 146 valence electrons. The topological polar surface area (TPSA) is 77.0 Å². The molecule has 1 amide bonds. The SMILES string of the molecule is COc1ccc(C(=O)NN=Cc2cccc(OC(=O)c3ccc(C)cc3)c2)cc1. The number of ether oxygens (including phenoxy) is 2. The standard InChI is InChI=1S/C23H20N2O4/c1-16-6-8-19(9-7-16)23(27)29-21-5-3-4-17(14-21)15-24-25-22(26)18-10-12-20(28-2)13-11-18/h3-15H,1-2H3,(H,25,26). The summed E-state index contributed by atoms with van der Waals surface area (Å²) in [5, 5.41) is 3.95. The van der Waals surface area contributed by atoms with Gasteiger partial charge in [-0.25, -0.2) is 10.2 Å². The minimum absolute atomic E-state index is 0.342. The molecule has 6 nitrogen and oxygen atoms in total. The molecule has 0 heterocycles. The van der Waals surface area contributed by atoms with Crippen LogP contribution in [-0.4, -0.2) is 25.2 Å². The van der Waals surface area contributed by atoms with Gasteiger partial charge < -0.3 is 9.47 Å². The van der Waals surface area contributed by atoms with Crippen LogP contribution in [0.2, 0.25) is 0 Å². The number of carbonyl (C=O) groups excluding carboxylic acids is 2. The molecule has 1 N–H and O–H groups in total. The van der Waals surface area contributed by atoms with E-state index in [2.05, 4.69) is 10.5 Å². The molecule has 0 aromatic heterocycles. The van der Waals surface area contributed by atoms with Gasteiger partial charge in [0.2, 0.25) is 0 Å². The van der Waals surface area contributed by atoms with E-state index in [0.717, 1.165) is 5.56 Å². The lowest BCUT2D eigenvalue weighted by atomic mass is 10.1. The predicted molar refractivity (Wildman–Crippen MR) is 111 cm³/mol. The summed E-state index contributed by atoms with van der Waals surface area (Å²) in [5.41, 5.74) is 5.13. The Hall–Kier alpha value is -3.93. The second-order valence-corrected chi connectivity index (χ2v) is 6.26. The molecule has 0 aliphatic heterocycles. The van der Waals surface area contributed by atoms with Crippen LogP contribution >= 0.6 is 0 Å². The summed E-state index contributed by atoms with van der Waals surface area (Å²) in [6.45, 7) is 1.95. The summed E-state index contributed by atoms with van der Waals surface area (Å²) in [5.74, 6) is 0.279. The zero-order chi connectivity index (χ0) is 20.6. The quantitative estimate of drug-likeness (QED) is 0.300. The molecule has 0 saturated carbocycles. The number of hydrogen-bond donors (Lipinski definition) is 1. The molecule has 3 aromatic rings. The molecule has 3 aromatic carbocycles. The van der Waals surface area contributed by atoms with Gasteiger partial charge in [0.05, 0.1) is 18.9 Å². The normalized spacial score (nSPS) is 10.6. The lowest BCUT2D eigenvalue weighted by Gasteiger charge is -2.05. The van der Waals surface area contributed by atoms with Crippen LogP contribution in [0.1, 0.15) is 31.8 Å². The van der Waals surface area contributed by atoms with Crippen LogP contribution in [0.4, 0.5) is 0 Å². The molecule has 0 saturated heterocycles. The fourth-order valence-electron chi connectivity index (χ4n) is 2.49. The lowest BCUT2D eigenvalue weighted by molar-refractivity contribution is 0.0734. The lowest BCUT2D eigenvalue weighted by Crippen LogP contribution is -2.17. The summed E-state index contributed by atoms with van der Waals surface area (Å²) in [6, 6.07) is 20.7. The Morgan fingerprint density at radius 1 is 0.897 bits per heavy atom. The summed E-state index contributed by atoms with van der Waals surface area (Å²) in [7, 11) is 1.56. The van der Waals surface area contributed by atoms with E-state index in [-0.39, 0.29) is 5.91 Å². The Morgan fingerprint density at radius 2 is 1.59 bits per heavy atom. The van der Waals surface area contributed by atoms with Crippen LogP contribution in [0.3, 0.4) is 0 Å². The van der Waals surface area contributed by atoms with Gasteiger partial charge in [-0.2, -0.15) is 5.10 Å². The third kappa shape index (κ3) is 5.52. The first kappa shape index (κ1) is 19.8. The van der Waals surface area contributed by atoms with Crippen LogP contribution in [0, 0.1) is 6.92 Å². The summed E-state index contributed by atoms with van der Waals surface area (Å²) in [4.78, 5) is 24.3. The monoisotopic (exact) mass is 388 g/mol. The first-order valence-electron chi connectivity index (χ1n) is 8.91. The summed E-state index contributed by atoms with van der Waals surface area (Å²) < 4.78 is 10.5. The predicted octanol–water partition coefficient (Wildman–Crippen LogP) is 3.99. The van der Waals surface area contributed by atoms with Crippen molar-refractivity contribution in [2.45, 2.75) is 6.92 Å². The van der Waals surface area contributed by atoms with Crippen molar-refractivity contribution in [1.82, 2.24) is 5.43 Å². The van der Waals surface area contributed by atoms with Gasteiger partial charge in [-0.05, 0) is 61.0 Å². The number of amides is 1.